The van der Waals surface area contributed by atoms with Crippen LogP contribution in [-0.4, -0.2) is 43.0 Å². The van der Waals surface area contributed by atoms with Gasteiger partial charge in [0.15, 0.2) is 5.79 Å². The fraction of sp³-hybridized carbons (Fsp3) is 0.818. The van der Waals surface area contributed by atoms with Crippen molar-refractivity contribution in [3.05, 3.63) is 48.6 Å². The van der Waals surface area contributed by atoms with Crippen LogP contribution in [0, 0.1) is 0 Å². The molecule has 1 spiro atoms. The van der Waals surface area contributed by atoms with Crippen LogP contribution in [0.25, 0.3) is 0 Å². The molecule has 0 radical (unpaired) electrons. The van der Waals surface area contributed by atoms with Crippen LogP contribution in [0.5, 0.6) is 0 Å². The molecular formula is C44H79NO2. The van der Waals surface area contributed by atoms with Gasteiger partial charge in [0, 0.05) is 19.4 Å². The van der Waals surface area contributed by atoms with Crippen LogP contribution in [-0.2, 0) is 9.47 Å². The fourth-order valence-electron chi connectivity index (χ4n) is 7.14. The Balaban J connectivity index is 1.57. The topological polar surface area (TPSA) is 21.7 Å². The molecule has 2 saturated heterocycles. The summed E-state index contributed by atoms with van der Waals surface area (Å²) in [6.07, 6.45) is 55.0. The molecule has 0 aliphatic carbocycles. The van der Waals surface area contributed by atoms with Crippen molar-refractivity contribution >= 4 is 0 Å². The Morgan fingerprint density at radius 1 is 0.489 bits per heavy atom. The fourth-order valence-corrected chi connectivity index (χ4v) is 7.14. The molecule has 0 aromatic heterocycles. The predicted molar refractivity (Wildman–Crippen MR) is 207 cm³/mol. The Morgan fingerprint density at radius 2 is 0.915 bits per heavy atom. The van der Waals surface area contributed by atoms with E-state index in [2.05, 4.69) is 74.4 Å². The molecular weight excluding hydrogens is 574 g/mol. The first-order valence-corrected chi connectivity index (χ1v) is 20.8. The quantitative estimate of drug-likeness (QED) is 0.0592. The van der Waals surface area contributed by atoms with E-state index in [9.17, 15) is 0 Å². The van der Waals surface area contributed by atoms with E-state index in [0.717, 1.165) is 25.8 Å². The third kappa shape index (κ3) is 22.2. The van der Waals surface area contributed by atoms with Crippen molar-refractivity contribution in [1.82, 2.24) is 4.90 Å². The first-order valence-electron chi connectivity index (χ1n) is 20.8. The van der Waals surface area contributed by atoms with Crippen molar-refractivity contribution in [2.24, 2.45) is 0 Å². The maximum Gasteiger partial charge on any atom is 0.170 e. The van der Waals surface area contributed by atoms with Gasteiger partial charge in [-0.1, -0.05) is 140 Å². The van der Waals surface area contributed by atoms with Crippen LogP contribution >= 0.6 is 0 Å². The summed E-state index contributed by atoms with van der Waals surface area (Å²) in [5.41, 5.74) is 0. The minimum atomic E-state index is -0.311. The Hall–Kier alpha value is -1.16. The molecule has 3 heteroatoms. The molecule has 272 valence electrons. The molecule has 3 unspecified atom stereocenters. The van der Waals surface area contributed by atoms with Gasteiger partial charge in [-0.25, -0.2) is 0 Å². The van der Waals surface area contributed by atoms with Crippen molar-refractivity contribution in [2.75, 3.05) is 20.1 Å². The van der Waals surface area contributed by atoms with Crippen molar-refractivity contribution in [1.29, 1.82) is 0 Å². The van der Waals surface area contributed by atoms with Gasteiger partial charge in [-0.15, -0.1) is 0 Å². The summed E-state index contributed by atoms with van der Waals surface area (Å²) in [6, 6.07) is 0. The van der Waals surface area contributed by atoms with E-state index in [-0.39, 0.29) is 5.79 Å². The van der Waals surface area contributed by atoms with Gasteiger partial charge in [-0.3, -0.25) is 0 Å². The maximum atomic E-state index is 6.85. The average molecular weight is 654 g/mol. The van der Waals surface area contributed by atoms with Gasteiger partial charge in [0.05, 0.1) is 12.2 Å². The molecule has 2 fully saturated rings. The van der Waals surface area contributed by atoms with Crippen LogP contribution in [0.4, 0.5) is 0 Å². The molecule has 2 rings (SSSR count). The maximum absolute atomic E-state index is 6.85. The molecule has 0 amide bonds. The highest BCUT2D eigenvalue weighted by molar-refractivity contribution is 4.93. The van der Waals surface area contributed by atoms with E-state index in [1.807, 2.05) is 0 Å². The van der Waals surface area contributed by atoms with Gasteiger partial charge in [0.1, 0.15) is 0 Å². The zero-order chi connectivity index (χ0) is 33.5. The average Bonchev–Trinajstić information content (AvgIpc) is 3.31. The number of rotatable bonds is 29. The zero-order valence-electron chi connectivity index (χ0n) is 31.8. The van der Waals surface area contributed by atoms with Crippen molar-refractivity contribution in [2.45, 2.75) is 212 Å². The lowest BCUT2D eigenvalue weighted by Crippen LogP contribution is -2.32. The number of hydrogen-bond acceptors (Lipinski definition) is 3. The Kier molecular flexibility index (Phi) is 26.6. The van der Waals surface area contributed by atoms with Crippen LogP contribution in [0.3, 0.4) is 0 Å². The number of nitrogens with zero attached hydrogens (tertiary/aromatic N) is 1. The van der Waals surface area contributed by atoms with Crippen molar-refractivity contribution in [3.8, 4) is 0 Å². The third-order valence-electron chi connectivity index (χ3n) is 10.2. The summed E-state index contributed by atoms with van der Waals surface area (Å²) in [5, 5.41) is 0. The summed E-state index contributed by atoms with van der Waals surface area (Å²) >= 11 is 0. The van der Waals surface area contributed by atoms with Crippen LogP contribution in [0.2, 0.25) is 0 Å². The minimum absolute atomic E-state index is 0.299. The Morgan fingerprint density at radius 3 is 1.43 bits per heavy atom. The highest BCUT2D eigenvalue weighted by atomic mass is 16.8. The monoisotopic (exact) mass is 654 g/mol. The summed E-state index contributed by atoms with van der Waals surface area (Å²) < 4.78 is 13.7. The second kappa shape index (κ2) is 29.7. The van der Waals surface area contributed by atoms with Crippen LogP contribution < -0.4 is 0 Å². The molecule has 3 atom stereocenters. The lowest BCUT2D eigenvalue weighted by atomic mass is 9.99. The lowest BCUT2D eigenvalue weighted by Gasteiger charge is -2.27. The smallest absolute Gasteiger partial charge is 0.170 e. The lowest BCUT2D eigenvalue weighted by molar-refractivity contribution is -0.183. The van der Waals surface area contributed by atoms with E-state index >= 15 is 0 Å². The molecule has 2 heterocycles. The number of hydrogen-bond donors (Lipinski definition) is 0. The van der Waals surface area contributed by atoms with E-state index in [1.165, 1.54) is 167 Å². The molecule has 2 aliphatic rings. The number of unbranched alkanes of at least 4 members (excludes halogenated alkanes) is 17. The van der Waals surface area contributed by atoms with Crippen molar-refractivity contribution < 1.29 is 9.47 Å². The second-order valence-corrected chi connectivity index (χ2v) is 14.8. The first kappa shape index (κ1) is 42.0. The molecule has 0 bridgehead atoms. The largest absolute Gasteiger partial charge is 0.344 e. The SMILES string of the molecule is CCCCC/C=C\C/C=C\CCCCCCCC1OC2(CCCN(C)CC2)OC1CCCCCCCC=CCC/C=C\CCCCC. The second-order valence-electron chi connectivity index (χ2n) is 14.8. The molecule has 0 aromatic rings. The molecule has 0 N–H and O–H groups in total. The first-order chi connectivity index (χ1) is 23.2. The molecule has 0 aromatic carbocycles. The van der Waals surface area contributed by atoms with Gasteiger partial charge in [-0.2, -0.15) is 0 Å². The van der Waals surface area contributed by atoms with Gasteiger partial charge < -0.3 is 14.4 Å². The van der Waals surface area contributed by atoms with E-state index < -0.39 is 0 Å². The highest BCUT2D eigenvalue weighted by Gasteiger charge is 2.47. The molecule has 0 saturated carbocycles. The van der Waals surface area contributed by atoms with E-state index in [4.69, 9.17) is 9.47 Å². The van der Waals surface area contributed by atoms with E-state index in [1.54, 1.807) is 0 Å². The van der Waals surface area contributed by atoms with Crippen molar-refractivity contribution in [3.63, 3.8) is 0 Å². The summed E-state index contributed by atoms with van der Waals surface area (Å²) in [7, 11) is 2.25. The zero-order valence-corrected chi connectivity index (χ0v) is 31.8. The van der Waals surface area contributed by atoms with Gasteiger partial charge in [0.25, 0.3) is 0 Å². The normalized spacial score (nSPS) is 22.7. The Labute approximate surface area is 294 Å². The predicted octanol–water partition coefficient (Wildman–Crippen LogP) is 13.6. The molecule has 2 aliphatic heterocycles. The summed E-state index contributed by atoms with van der Waals surface area (Å²) in [6.45, 7) is 6.80. The summed E-state index contributed by atoms with van der Waals surface area (Å²) in [5.74, 6) is -0.311. The van der Waals surface area contributed by atoms with Crippen LogP contribution in [0.15, 0.2) is 48.6 Å². The van der Waals surface area contributed by atoms with Gasteiger partial charge in [0.2, 0.25) is 0 Å². The number of likely N-dealkylation sites (tertiary alicyclic amines) is 1. The van der Waals surface area contributed by atoms with Gasteiger partial charge in [-0.05, 0) is 103 Å². The highest BCUT2D eigenvalue weighted by Crippen LogP contribution is 2.40. The number of allylic oxidation sites excluding steroid dienone is 8. The summed E-state index contributed by atoms with van der Waals surface area (Å²) in [4.78, 5) is 2.45. The minimum Gasteiger partial charge on any atom is -0.344 e. The molecule has 47 heavy (non-hydrogen) atoms. The number of ether oxygens (including phenoxy) is 2. The molecule has 3 nitrogen and oxygen atoms in total. The standard InChI is InChI=1S/C44H79NO2/c1-4-6-8-10-12-14-16-18-20-22-24-26-28-30-32-34-37-43-42(46-44(47-43)38-35-40-45(3)41-39-44)36-33-31-29-27-25-23-21-19-17-15-13-11-9-7-5-2/h12-15,19-22,42-43H,4-11,16-18,23-41H2,1-3H3/b14-12-,15-13-,21-19-,22-20?. The van der Waals surface area contributed by atoms with Gasteiger partial charge >= 0.3 is 0 Å². The third-order valence-corrected chi connectivity index (χ3v) is 10.2. The van der Waals surface area contributed by atoms with E-state index in [0.29, 0.717) is 12.2 Å². The van der Waals surface area contributed by atoms with Crippen LogP contribution in [0.1, 0.15) is 194 Å². The Bertz CT molecular complexity index is 816.